The number of aromatic nitrogens is 2. The molecule has 2 N–H and O–H groups in total. The van der Waals surface area contributed by atoms with Crippen molar-refractivity contribution in [3.63, 3.8) is 0 Å². The number of rotatable bonds is 3. The third kappa shape index (κ3) is 2.81. The molecule has 0 saturated carbocycles. The number of carboxylic acids is 1. The molecule has 2 aromatic rings. The summed E-state index contributed by atoms with van der Waals surface area (Å²) in [7, 11) is 0. The van der Waals surface area contributed by atoms with Gasteiger partial charge < -0.3 is 5.11 Å². The van der Waals surface area contributed by atoms with E-state index in [-0.39, 0.29) is 11.3 Å². The zero-order valence-electron chi connectivity index (χ0n) is 10.4. The standard InChI is InChI=1S/C13H11F3N2O2/c1-7(12(19)20)10-6-11(18-17-10)8-3-2-4-9(5-8)13(14,15)16/h2-7H,1H3,(H,17,18)(H,19,20). The summed E-state index contributed by atoms with van der Waals surface area (Å²) in [5.74, 6) is -1.84. The van der Waals surface area contributed by atoms with Gasteiger partial charge in [-0.1, -0.05) is 12.1 Å². The Bertz CT molecular complexity index is 635. The highest BCUT2D eigenvalue weighted by Crippen LogP contribution is 2.32. The molecule has 1 aromatic carbocycles. The maximum atomic E-state index is 12.6. The number of carbonyl (C=O) groups is 1. The fraction of sp³-hybridized carbons (Fsp3) is 0.231. The Morgan fingerprint density at radius 1 is 1.35 bits per heavy atom. The molecular weight excluding hydrogens is 273 g/mol. The van der Waals surface area contributed by atoms with Crippen LogP contribution >= 0.6 is 0 Å². The van der Waals surface area contributed by atoms with E-state index in [0.29, 0.717) is 5.69 Å². The lowest BCUT2D eigenvalue weighted by molar-refractivity contribution is -0.139. The highest BCUT2D eigenvalue weighted by molar-refractivity contribution is 5.75. The number of aliphatic carboxylic acids is 1. The molecule has 1 unspecified atom stereocenters. The third-order valence-corrected chi connectivity index (χ3v) is 2.92. The van der Waals surface area contributed by atoms with Crippen LogP contribution in [0.2, 0.25) is 0 Å². The first-order valence-electron chi connectivity index (χ1n) is 5.75. The quantitative estimate of drug-likeness (QED) is 0.909. The molecule has 0 aliphatic rings. The summed E-state index contributed by atoms with van der Waals surface area (Å²) in [6.07, 6.45) is -4.43. The minimum Gasteiger partial charge on any atom is -0.481 e. The average Bonchev–Trinajstić information content (AvgIpc) is 2.86. The SMILES string of the molecule is CC(C(=O)O)c1cc(-c2cccc(C(F)(F)F)c2)n[nH]1. The zero-order valence-corrected chi connectivity index (χ0v) is 10.4. The Labute approximate surface area is 112 Å². The predicted molar refractivity (Wildman–Crippen MR) is 65.1 cm³/mol. The highest BCUT2D eigenvalue weighted by Gasteiger charge is 2.30. The van der Waals surface area contributed by atoms with Crippen molar-refractivity contribution >= 4 is 5.97 Å². The molecule has 106 valence electrons. The first-order chi connectivity index (χ1) is 9.29. The van der Waals surface area contributed by atoms with Crippen LogP contribution in [0.3, 0.4) is 0 Å². The largest absolute Gasteiger partial charge is 0.481 e. The normalized spacial score (nSPS) is 13.2. The second kappa shape index (κ2) is 4.99. The second-order valence-electron chi connectivity index (χ2n) is 4.35. The Balaban J connectivity index is 2.36. The maximum Gasteiger partial charge on any atom is 0.416 e. The molecule has 7 heteroatoms. The highest BCUT2D eigenvalue weighted by atomic mass is 19.4. The van der Waals surface area contributed by atoms with Gasteiger partial charge in [-0.2, -0.15) is 18.3 Å². The lowest BCUT2D eigenvalue weighted by Gasteiger charge is -2.07. The van der Waals surface area contributed by atoms with E-state index in [0.717, 1.165) is 12.1 Å². The minimum absolute atomic E-state index is 0.277. The third-order valence-electron chi connectivity index (χ3n) is 2.92. The van der Waals surface area contributed by atoms with Crippen molar-refractivity contribution in [1.82, 2.24) is 10.2 Å². The van der Waals surface area contributed by atoms with Crippen molar-refractivity contribution in [2.75, 3.05) is 0 Å². The predicted octanol–water partition coefficient (Wildman–Crippen LogP) is 3.28. The van der Waals surface area contributed by atoms with Crippen LogP contribution in [0.15, 0.2) is 30.3 Å². The number of nitrogens with zero attached hydrogens (tertiary/aromatic N) is 1. The van der Waals surface area contributed by atoms with E-state index >= 15 is 0 Å². The molecule has 1 heterocycles. The topological polar surface area (TPSA) is 66.0 Å². The van der Waals surface area contributed by atoms with Crippen molar-refractivity contribution in [3.05, 3.63) is 41.6 Å². The number of hydrogen-bond donors (Lipinski definition) is 2. The molecule has 0 aliphatic carbocycles. The summed E-state index contributed by atoms with van der Waals surface area (Å²) in [6.45, 7) is 1.46. The average molecular weight is 284 g/mol. The molecule has 0 amide bonds. The summed E-state index contributed by atoms with van der Waals surface area (Å²) >= 11 is 0. The molecule has 1 aromatic heterocycles. The van der Waals surface area contributed by atoms with Crippen LogP contribution in [-0.2, 0) is 11.0 Å². The molecule has 2 rings (SSSR count). The summed E-state index contributed by atoms with van der Waals surface area (Å²) in [6, 6.07) is 6.16. The number of hydrogen-bond acceptors (Lipinski definition) is 2. The Morgan fingerprint density at radius 3 is 2.65 bits per heavy atom. The van der Waals surface area contributed by atoms with Crippen LogP contribution in [0, 0.1) is 0 Å². The Morgan fingerprint density at radius 2 is 2.05 bits per heavy atom. The van der Waals surface area contributed by atoms with Crippen LogP contribution < -0.4 is 0 Å². The zero-order chi connectivity index (χ0) is 14.9. The van der Waals surface area contributed by atoms with Crippen molar-refractivity contribution in [3.8, 4) is 11.3 Å². The van der Waals surface area contributed by atoms with Gasteiger partial charge in [0.25, 0.3) is 0 Å². The van der Waals surface area contributed by atoms with Gasteiger partial charge >= 0.3 is 12.1 Å². The van der Waals surface area contributed by atoms with Gasteiger partial charge in [-0.15, -0.1) is 0 Å². The van der Waals surface area contributed by atoms with E-state index in [1.807, 2.05) is 0 Å². The number of halogens is 3. The molecule has 4 nitrogen and oxygen atoms in total. The Kier molecular flexibility index (Phi) is 3.52. The molecule has 20 heavy (non-hydrogen) atoms. The van der Waals surface area contributed by atoms with Crippen LogP contribution in [0.1, 0.15) is 24.1 Å². The van der Waals surface area contributed by atoms with Gasteiger partial charge in [-0.05, 0) is 25.1 Å². The number of aromatic amines is 1. The number of carboxylic acid groups (broad SMARTS) is 1. The van der Waals surface area contributed by atoms with Gasteiger partial charge in [0.05, 0.1) is 17.2 Å². The van der Waals surface area contributed by atoms with Gasteiger partial charge in [-0.3, -0.25) is 9.89 Å². The van der Waals surface area contributed by atoms with E-state index in [1.54, 1.807) is 0 Å². The molecule has 0 fully saturated rings. The number of nitrogens with one attached hydrogen (secondary N) is 1. The van der Waals surface area contributed by atoms with Gasteiger partial charge in [0.1, 0.15) is 0 Å². The smallest absolute Gasteiger partial charge is 0.416 e. The molecule has 0 spiro atoms. The van der Waals surface area contributed by atoms with Crippen molar-refractivity contribution < 1.29 is 23.1 Å². The number of benzene rings is 1. The van der Waals surface area contributed by atoms with Crippen molar-refractivity contribution in [2.24, 2.45) is 0 Å². The van der Waals surface area contributed by atoms with Crippen LogP contribution in [0.4, 0.5) is 13.2 Å². The summed E-state index contributed by atoms with van der Waals surface area (Å²) < 4.78 is 37.9. The van der Waals surface area contributed by atoms with E-state index in [2.05, 4.69) is 10.2 Å². The molecule has 1 atom stereocenters. The summed E-state index contributed by atoms with van der Waals surface area (Å²) in [4.78, 5) is 10.8. The molecule has 0 aliphatic heterocycles. The van der Waals surface area contributed by atoms with Crippen LogP contribution in [-0.4, -0.2) is 21.3 Å². The fourth-order valence-corrected chi connectivity index (χ4v) is 1.69. The van der Waals surface area contributed by atoms with Crippen molar-refractivity contribution in [1.29, 1.82) is 0 Å². The van der Waals surface area contributed by atoms with E-state index in [4.69, 9.17) is 5.11 Å². The maximum absolute atomic E-state index is 12.6. The van der Waals surface area contributed by atoms with Gasteiger partial charge in [-0.25, -0.2) is 0 Å². The van der Waals surface area contributed by atoms with Crippen LogP contribution in [0.5, 0.6) is 0 Å². The first kappa shape index (κ1) is 14.1. The van der Waals surface area contributed by atoms with E-state index in [9.17, 15) is 18.0 Å². The lowest BCUT2D eigenvalue weighted by atomic mass is 10.0. The molecule has 0 radical (unpaired) electrons. The van der Waals surface area contributed by atoms with Gasteiger partial charge in [0, 0.05) is 11.3 Å². The first-order valence-corrected chi connectivity index (χ1v) is 5.75. The molecule has 0 bridgehead atoms. The summed E-state index contributed by atoms with van der Waals surface area (Å²) in [5.41, 5.74) is 0.120. The molecular formula is C13H11F3N2O2. The van der Waals surface area contributed by atoms with E-state index < -0.39 is 23.6 Å². The van der Waals surface area contributed by atoms with Crippen molar-refractivity contribution in [2.45, 2.75) is 19.0 Å². The molecule has 0 saturated heterocycles. The summed E-state index contributed by atoms with van der Waals surface area (Å²) in [5, 5.41) is 15.3. The van der Waals surface area contributed by atoms with Crippen LogP contribution in [0.25, 0.3) is 11.3 Å². The van der Waals surface area contributed by atoms with E-state index in [1.165, 1.54) is 25.1 Å². The van der Waals surface area contributed by atoms with Gasteiger partial charge in [0.15, 0.2) is 0 Å². The number of H-pyrrole nitrogens is 1. The number of alkyl halides is 3. The Hall–Kier alpha value is -2.31. The van der Waals surface area contributed by atoms with Gasteiger partial charge in [0.2, 0.25) is 0 Å². The lowest BCUT2D eigenvalue weighted by Crippen LogP contribution is -2.07. The monoisotopic (exact) mass is 284 g/mol. The fourth-order valence-electron chi connectivity index (χ4n) is 1.69. The minimum atomic E-state index is -4.43. The second-order valence-corrected chi connectivity index (χ2v) is 4.35.